The number of amides is 2. The van der Waals surface area contributed by atoms with Crippen LogP contribution >= 0.6 is 11.6 Å². The van der Waals surface area contributed by atoms with Crippen LogP contribution in [0.3, 0.4) is 0 Å². The molecule has 2 amide bonds. The summed E-state index contributed by atoms with van der Waals surface area (Å²) in [5.41, 5.74) is -0.0882. The van der Waals surface area contributed by atoms with E-state index in [-0.39, 0.29) is 21.4 Å². The van der Waals surface area contributed by atoms with E-state index in [0.717, 1.165) is 12.5 Å². The maximum atomic E-state index is 12.0. The summed E-state index contributed by atoms with van der Waals surface area (Å²) in [6.07, 6.45) is 0.760. The number of esters is 1. The Morgan fingerprint density at radius 2 is 1.93 bits per heavy atom. The molecule has 1 atom stereocenters. The van der Waals surface area contributed by atoms with Gasteiger partial charge >= 0.3 is 5.97 Å². The van der Waals surface area contributed by atoms with Crippen molar-refractivity contribution in [2.24, 2.45) is 0 Å². The second kappa shape index (κ2) is 10.2. The largest absolute Gasteiger partial charge is 0.452 e. The van der Waals surface area contributed by atoms with Crippen LogP contribution in [0.25, 0.3) is 0 Å². The number of halogens is 1. The zero-order chi connectivity index (χ0) is 20.6. The smallest absolute Gasteiger partial charge is 0.338 e. The average Bonchev–Trinajstić information content (AvgIpc) is 2.64. The molecular weight excluding hydrogens is 398 g/mol. The Labute approximate surface area is 162 Å². The summed E-state index contributed by atoms with van der Waals surface area (Å²) < 4.78 is 30.7. The highest BCUT2D eigenvalue weighted by molar-refractivity contribution is 7.89. The second-order valence-corrected chi connectivity index (χ2v) is 7.77. The van der Waals surface area contributed by atoms with Gasteiger partial charge in [-0.15, -0.1) is 0 Å². The molecule has 0 aliphatic rings. The van der Waals surface area contributed by atoms with Crippen molar-refractivity contribution >= 4 is 39.4 Å². The van der Waals surface area contributed by atoms with Gasteiger partial charge in [0, 0.05) is 6.54 Å². The Bertz CT molecular complexity index is 812. The first-order valence-corrected chi connectivity index (χ1v) is 9.95. The fourth-order valence-corrected chi connectivity index (χ4v) is 3.16. The molecule has 0 bridgehead atoms. The Balaban J connectivity index is 2.68. The highest BCUT2D eigenvalue weighted by Gasteiger charge is 2.20. The Morgan fingerprint density at radius 3 is 2.52 bits per heavy atom. The zero-order valence-corrected chi connectivity index (χ0v) is 16.7. The molecule has 0 aromatic heterocycles. The van der Waals surface area contributed by atoms with E-state index in [1.54, 1.807) is 0 Å². The standard InChI is InChI=1S/C16H22ClN3O6S/c1-4-7-19-15(22)10(2)20-14(21)9-26-16(23)11-5-6-12(17)13(8-11)27(24,25)18-3/h5-6,8,10,18H,4,7,9H2,1-3H3,(H,19,22)(H,20,21)/t10-/m0/s1. The van der Waals surface area contributed by atoms with Crippen LogP contribution in [0.5, 0.6) is 0 Å². The molecule has 0 fully saturated rings. The van der Waals surface area contributed by atoms with Crippen molar-refractivity contribution in [3.63, 3.8) is 0 Å². The fraction of sp³-hybridized carbons (Fsp3) is 0.438. The van der Waals surface area contributed by atoms with Crippen LogP contribution in [0, 0.1) is 0 Å². The van der Waals surface area contributed by atoms with E-state index in [1.165, 1.54) is 26.1 Å². The van der Waals surface area contributed by atoms with Gasteiger partial charge in [-0.1, -0.05) is 18.5 Å². The maximum Gasteiger partial charge on any atom is 0.338 e. The van der Waals surface area contributed by atoms with Gasteiger partial charge < -0.3 is 15.4 Å². The van der Waals surface area contributed by atoms with E-state index >= 15 is 0 Å². The van der Waals surface area contributed by atoms with Crippen molar-refractivity contribution in [3.8, 4) is 0 Å². The summed E-state index contributed by atoms with van der Waals surface area (Å²) in [6, 6.07) is 2.78. The number of hydrogen-bond acceptors (Lipinski definition) is 6. The average molecular weight is 420 g/mol. The molecule has 3 N–H and O–H groups in total. The minimum atomic E-state index is -3.86. The molecule has 1 rings (SSSR count). The van der Waals surface area contributed by atoms with Crippen molar-refractivity contribution in [1.29, 1.82) is 0 Å². The molecule has 150 valence electrons. The Kier molecular flexibility index (Phi) is 8.67. The second-order valence-electron chi connectivity index (χ2n) is 5.51. The summed E-state index contributed by atoms with van der Waals surface area (Å²) >= 11 is 5.84. The summed E-state index contributed by atoms with van der Waals surface area (Å²) in [7, 11) is -2.66. The number of ether oxygens (including phenoxy) is 1. The number of carbonyl (C=O) groups is 3. The van der Waals surface area contributed by atoms with Crippen LogP contribution in [-0.2, 0) is 24.3 Å². The molecule has 1 aromatic rings. The van der Waals surface area contributed by atoms with Crippen LogP contribution in [0.1, 0.15) is 30.6 Å². The topological polar surface area (TPSA) is 131 Å². The highest BCUT2D eigenvalue weighted by Crippen LogP contribution is 2.22. The molecule has 0 aliphatic carbocycles. The van der Waals surface area contributed by atoms with E-state index in [9.17, 15) is 22.8 Å². The minimum Gasteiger partial charge on any atom is -0.452 e. The van der Waals surface area contributed by atoms with Crippen molar-refractivity contribution in [1.82, 2.24) is 15.4 Å². The van der Waals surface area contributed by atoms with E-state index in [4.69, 9.17) is 16.3 Å². The fourth-order valence-electron chi connectivity index (χ4n) is 1.91. The molecule has 1 aromatic carbocycles. The van der Waals surface area contributed by atoms with E-state index < -0.39 is 34.5 Å². The van der Waals surface area contributed by atoms with Gasteiger partial charge in [0.25, 0.3) is 5.91 Å². The van der Waals surface area contributed by atoms with Gasteiger partial charge in [0.05, 0.1) is 10.6 Å². The maximum absolute atomic E-state index is 12.0. The number of nitrogens with one attached hydrogen (secondary N) is 3. The van der Waals surface area contributed by atoms with Gasteiger partial charge in [-0.2, -0.15) is 0 Å². The summed E-state index contributed by atoms with van der Waals surface area (Å²) in [4.78, 5) is 35.2. The van der Waals surface area contributed by atoms with Gasteiger partial charge in [-0.3, -0.25) is 9.59 Å². The van der Waals surface area contributed by atoms with Gasteiger partial charge in [0.2, 0.25) is 15.9 Å². The quantitative estimate of drug-likeness (QED) is 0.498. The number of carbonyl (C=O) groups excluding carboxylic acids is 3. The predicted molar refractivity (Wildman–Crippen MR) is 98.9 cm³/mol. The third-order valence-corrected chi connectivity index (χ3v) is 5.28. The van der Waals surface area contributed by atoms with Crippen molar-refractivity contribution < 1.29 is 27.5 Å². The molecule has 0 saturated carbocycles. The van der Waals surface area contributed by atoms with Gasteiger partial charge in [-0.05, 0) is 38.6 Å². The summed E-state index contributed by atoms with van der Waals surface area (Å²) in [5, 5.41) is 4.95. The lowest BCUT2D eigenvalue weighted by Gasteiger charge is -2.14. The lowest BCUT2D eigenvalue weighted by molar-refractivity contribution is -0.130. The third-order valence-electron chi connectivity index (χ3n) is 3.38. The molecule has 0 heterocycles. The molecular formula is C16H22ClN3O6S. The number of rotatable bonds is 9. The minimum absolute atomic E-state index is 0.0643. The predicted octanol–water partition coefficient (Wildman–Crippen LogP) is 0.436. The van der Waals surface area contributed by atoms with Crippen LogP contribution in [0.2, 0.25) is 5.02 Å². The first-order chi connectivity index (χ1) is 12.6. The Morgan fingerprint density at radius 1 is 1.26 bits per heavy atom. The molecule has 9 nitrogen and oxygen atoms in total. The molecule has 0 unspecified atom stereocenters. The number of hydrogen-bond donors (Lipinski definition) is 3. The van der Waals surface area contributed by atoms with E-state index in [0.29, 0.717) is 6.54 Å². The molecule has 0 radical (unpaired) electrons. The first kappa shape index (κ1) is 22.9. The van der Waals surface area contributed by atoms with Crippen LogP contribution in [-0.4, -0.2) is 52.4 Å². The van der Waals surface area contributed by atoms with Crippen molar-refractivity contribution in [2.45, 2.75) is 31.2 Å². The van der Waals surface area contributed by atoms with Gasteiger partial charge in [-0.25, -0.2) is 17.9 Å². The lowest BCUT2D eigenvalue weighted by Crippen LogP contribution is -2.46. The molecule has 0 aliphatic heterocycles. The van der Waals surface area contributed by atoms with Crippen molar-refractivity contribution in [2.75, 3.05) is 20.2 Å². The van der Waals surface area contributed by atoms with E-state index in [1.807, 2.05) is 6.92 Å². The van der Waals surface area contributed by atoms with Crippen molar-refractivity contribution in [3.05, 3.63) is 28.8 Å². The SMILES string of the molecule is CCCNC(=O)[C@H](C)NC(=O)COC(=O)c1ccc(Cl)c(S(=O)(=O)NC)c1. The zero-order valence-electron chi connectivity index (χ0n) is 15.2. The molecule has 0 saturated heterocycles. The normalized spacial score (nSPS) is 12.1. The lowest BCUT2D eigenvalue weighted by atomic mass is 10.2. The molecule has 11 heteroatoms. The Hall–Kier alpha value is -2.17. The first-order valence-electron chi connectivity index (χ1n) is 8.09. The number of benzene rings is 1. The number of sulfonamides is 1. The van der Waals surface area contributed by atoms with Crippen LogP contribution in [0.15, 0.2) is 23.1 Å². The molecule has 27 heavy (non-hydrogen) atoms. The van der Waals surface area contributed by atoms with Crippen LogP contribution in [0.4, 0.5) is 0 Å². The monoisotopic (exact) mass is 419 g/mol. The van der Waals surface area contributed by atoms with Crippen LogP contribution < -0.4 is 15.4 Å². The summed E-state index contributed by atoms with van der Waals surface area (Å²) in [5.74, 6) is -1.92. The third kappa shape index (κ3) is 6.81. The highest BCUT2D eigenvalue weighted by atomic mass is 35.5. The summed E-state index contributed by atoms with van der Waals surface area (Å²) in [6.45, 7) is 3.26. The van der Waals surface area contributed by atoms with Gasteiger partial charge in [0.1, 0.15) is 10.9 Å². The van der Waals surface area contributed by atoms with E-state index in [2.05, 4.69) is 15.4 Å². The molecule has 0 spiro atoms. The van der Waals surface area contributed by atoms with Gasteiger partial charge in [0.15, 0.2) is 6.61 Å².